The Balaban J connectivity index is 2.11. The summed E-state index contributed by atoms with van der Waals surface area (Å²) in [5.74, 6) is 0.483. The molecule has 20 heavy (non-hydrogen) atoms. The summed E-state index contributed by atoms with van der Waals surface area (Å²) in [6.07, 6.45) is 0.568. The minimum Gasteiger partial charge on any atom is -0.352 e. The first kappa shape index (κ1) is 14.7. The topological polar surface area (TPSA) is 42.0 Å². The second-order valence-corrected chi connectivity index (χ2v) is 6.18. The molecule has 3 nitrogen and oxygen atoms in total. The second-order valence-electron chi connectivity index (χ2n) is 5.33. The Labute approximate surface area is 124 Å². The summed E-state index contributed by atoms with van der Waals surface area (Å²) in [7, 11) is 0. The van der Waals surface area contributed by atoms with Gasteiger partial charge < -0.3 is 5.32 Å². The van der Waals surface area contributed by atoms with Crippen LogP contribution in [0.4, 0.5) is 0 Å². The monoisotopic (exact) mass is 288 g/mol. The number of aromatic nitrogens is 1. The molecule has 0 saturated carbocycles. The number of carbonyl (C=O) groups is 1. The van der Waals surface area contributed by atoms with E-state index in [0.717, 1.165) is 21.8 Å². The summed E-state index contributed by atoms with van der Waals surface area (Å²) < 4.78 is 0. The first-order valence-electron chi connectivity index (χ1n) is 6.83. The van der Waals surface area contributed by atoms with Gasteiger partial charge in [0.2, 0.25) is 5.91 Å². The molecular weight excluding hydrogens is 268 g/mol. The van der Waals surface area contributed by atoms with Crippen LogP contribution in [-0.2, 0) is 11.3 Å². The Morgan fingerprint density at radius 1 is 1.35 bits per heavy atom. The van der Waals surface area contributed by atoms with E-state index in [2.05, 4.69) is 16.4 Å². The number of thiazole rings is 1. The highest BCUT2D eigenvalue weighted by Gasteiger charge is 2.10. The van der Waals surface area contributed by atoms with E-state index in [1.165, 1.54) is 0 Å². The first-order valence-corrected chi connectivity index (χ1v) is 7.71. The van der Waals surface area contributed by atoms with E-state index in [9.17, 15) is 4.79 Å². The SMILES string of the molecule is Cc1csc(-c2ccccc2CNC(=O)CC(C)C)n1. The normalized spacial score (nSPS) is 10.8. The Hall–Kier alpha value is -1.68. The van der Waals surface area contributed by atoms with Gasteiger partial charge in [0.15, 0.2) is 0 Å². The molecule has 0 radical (unpaired) electrons. The highest BCUT2D eigenvalue weighted by molar-refractivity contribution is 7.13. The Bertz CT molecular complexity index is 590. The van der Waals surface area contributed by atoms with Gasteiger partial charge in [-0.2, -0.15) is 0 Å². The molecule has 0 unspecified atom stereocenters. The van der Waals surface area contributed by atoms with Crippen LogP contribution in [0.3, 0.4) is 0 Å². The van der Waals surface area contributed by atoms with E-state index >= 15 is 0 Å². The molecule has 1 aromatic carbocycles. The van der Waals surface area contributed by atoms with Gasteiger partial charge in [0.25, 0.3) is 0 Å². The standard InChI is InChI=1S/C16H20N2OS/c1-11(2)8-15(19)17-9-13-6-4-5-7-14(13)16-18-12(3)10-20-16/h4-7,10-11H,8-9H2,1-3H3,(H,17,19). The molecule has 1 amide bonds. The molecule has 0 fully saturated rings. The van der Waals surface area contributed by atoms with Crippen LogP contribution in [-0.4, -0.2) is 10.9 Å². The van der Waals surface area contributed by atoms with E-state index in [0.29, 0.717) is 18.9 Å². The number of rotatable bonds is 5. The van der Waals surface area contributed by atoms with Crippen LogP contribution in [0, 0.1) is 12.8 Å². The van der Waals surface area contributed by atoms with Gasteiger partial charge in [-0.05, 0) is 18.4 Å². The third-order valence-corrected chi connectivity index (χ3v) is 3.93. The Morgan fingerprint density at radius 3 is 2.75 bits per heavy atom. The summed E-state index contributed by atoms with van der Waals surface area (Å²) in [5.41, 5.74) is 3.25. The third-order valence-electron chi connectivity index (χ3n) is 2.94. The summed E-state index contributed by atoms with van der Waals surface area (Å²) in [5, 5.41) is 6.04. The van der Waals surface area contributed by atoms with Gasteiger partial charge in [-0.3, -0.25) is 4.79 Å². The van der Waals surface area contributed by atoms with Crippen LogP contribution in [0.25, 0.3) is 10.6 Å². The number of hydrogen-bond acceptors (Lipinski definition) is 3. The molecule has 0 bridgehead atoms. The molecule has 0 aliphatic carbocycles. The third kappa shape index (κ3) is 3.90. The zero-order valence-corrected chi connectivity index (χ0v) is 13.0. The second kappa shape index (κ2) is 6.66. The number of benzene rings is 1. The fourth-order valence-electron chi connectivity index (χ4n) is 2.00. The van der Waals surface area contributed by atoms with Crippen molar-refractivity contribution in [2.24, 2.45) is 5.92 Å². The van der Waals surface area contributed by atoms with E-state index in [-0.39, 0.29) is 5.91 Å². The molecule has 1 aromatic heterocycles. The lowest BCUT2D eigenvalue weighted by Crippen LogP contribution is -2.24. The number of aryl methyl sites for hydroxylation is 1. The highest BCUT2D eigenvalue weighted by Crippen LogP contribution is 2.26. The van der Waals surface area contributed by atoms with Crippen molar-refractivity contribution in [3.8, 4) is 10.6 Å². The van der Waals surface area contributed by atoms with Gasteiger partial charge in [0.1, 0.15) is 5.01 Å². The van der Waals surface area contributed by atoms with Crippen LogP contribution in [0.1, 0.15) is 31.5 Å². The van der Waals surface area contributed by atoms with Crippen LogP contribution in [0.5, 0.6) is 0 Å². The van der Waals surface area contributed by atoms with Crippen molar-refractivity contribution in [1.82, 2.24) is 10.3 Å². The van der Waals surface area contributed by atoms with Gasteiger partial charge in [0, 0.05) is 29.6 Å². The number of nitrogens with one attached hydrogen (secondary N) is 1. The van der Waals surface area contributed by atoms with Gasteiger partial charge in [-0.15, -0.1) is 11.3 Å². The number of nitrogens with zero attached hydrogens (tertiary/aromatic N) is 1. The summed E-state index contributed by atoms with van der Waals surface area (Å²) >= 11 is 1.64. The van der Waals surface area contributed by atoms with Crippen molar-refractivity contribution in [3.05, 3.63) is 40.9 Å². The van der Waals surface area contributed by atoms with Gasteiger partial charge in [-0.25, -0.2) is 4.98 Å². The minimum absolute atomic E-state index is 0.102. The average Bonchev–Trinajstić information content (AvgIpc) is 2.82. The maximum Gasteiger partial charge on any atom is 0.220 e. The molecule has 1 N–H and O–H groups in total. The highest BCUT2D eigenvalue weighted by atomic mass is 32.1. The van der Waals surface area contributed by atoms with Crippen molar-refractivity contribution < 1.29 is 4.79 Å². The van der Waals surface area contributed by atoms with Crippen LogP contribution >= 0.6 is 11.3 Å². The maximum atomic E-state index is 11.8. The van der Waals surface area contributed by atoms with E-state index in [1.54, 1.807) is 11.3 Å². The van der Waals surface area contributed by atoms with E-state index in [4.69, 9.17) is 0 Å². The van der Waals surface area contributed by atoms with Gasteiger partial charge in [-0.1, -0.05) is 38.1 Å². The zero-order valence-electron chi connectivity index (χ0n) is 12.1. The molecule has 0 saturated heterocycles. The van der Waals surface area contributed by atoms with Crippen LogP contribution < -0.4 is 5.32 Å². The summed E-state index contributed by atoms with van der Waals surface area (Å²) in [6.45, 7) is 6.64. The number of amides is 1. The molecule has 0 atom stereocenters. The lowest BCUT2D eigenvalue weighted by atomic mass is 10.1. The van der Waals surface area contributed by atoms with Crippen molar-refractivity contribution >= 4 is 17.2 Å². The fourth-order valence-corrected chi connectivity index (χ4v) is 2.86. The molecule has 2 aromatic rings. The Kier molecular flexibility index (Phi) is 4.90. The quantitative estimate of drug-likeness (QED) is 0.909. The predicted octanol–water partition coefficient (Wildman–Crippen LogP) is 3.78. The lowest BCUT2D eigenvalue weighted by Gasteiger charge is -2.10. The van der Waals surface area contributed by atoms with Crippen molar-refractivity contribution in [2.75, 3.05) is 0 Å². The largest absolute Gasteiger partial charge is 0.352 e. The molecule has 0 aliphatic rings. The fraction of sp³-hybridized carbons (Fsp3) is 0.375. The summed E-state index contributed by atoms with van der Waals surface area (Å²) in [4.78, 5) is 16.3. The van der Waals surface area contributed by atoms with Crippen LogP contribution in [0.2, 0.25) is 0 Å². The van der Waals surface area contributed by atoms with Gasteiger partial charge >= 0.3 is 0 Å². The first-order chi connectivity index (χ1) is 9.56. The minimum atomic E-state index is 0.102. The zero-order chi connectivity index (χ0) is 14.5. The molecule has 0 spiro atoms. The molecule has 1 heterocycles. The van der Waals surface area contributed by atoms with Crippen molar-refractivity contribution in [3.63, 3.8) is 0 Å². The molecular formula is C16H20N2OS. The molecule has 4 heteroatoms. The van der Waals surface area contributed by atoms with E-state index < -0.39 is 0 Å². The Morgan fingerprint density at radius 2 is 2.10 bits per heavy atom. The molecule has 0 aliphatic heterocycles. The van der Waals surface area contributed by atoms with Crippen molar-refractivity contribution in [2.45, 2.75) is 33.7 Å². The van der Waals surface area contributed by atoms with E-state index in [1.807, 2.05) is 44.4 Å². The van der Waals surface area contributed by atoms with Crippen LogP contribution in [0.15, 0.2) is 29.6 Å². The number of carbonyl (C=O) groups excluding carboxylic acids is 1. The average molecular weight is 288 g/mol. The molecule has 2 rings (SSSR count). The lowest BCUT2D eigenvalue weighted by molar-refractivity contribution is -0.121. The molecule has 106 valence electrons. The predicted molar refractivity (Wildman–Crippen MR) is 83.6 cm³/mol. The van der Waals surface area contributed by atoms with Gasteiger partial charge in [0.05, 0.1) is 0 Å². The summed E-state index contributed by atoms with van der Waals surface area (Å²) in [6, 6.07) is 8.10. The maximum absolute atomic E-state index is 11.8. The van der Waals surface area contributed by atoms with Crippen molar-refractivity contribution in [1.29, 1.82) is 0 Å². The smallest absolute Gasteiger partial charge is 0.220 e. The number of hydrogen-bond donors (Lipinski definition) is 1.